The van der Waals surface area contributed by atoms with Gasteiger partial charge in [0.25, 0.3) is 0 Å². The number of carbonyl (C=O) groups is 2. The molecule has 5 nitrogen and oxygen atoms in total. The SMILES string of the molecule is Cc1cc(C)cc(NC(=O)NC(C(=O)O)C2CC2)c1. The van der Waals surface area contributed by atoms with Crippen LogP contribution in [0, 0.1) is 19.8 Å². The first-order chi connectivity index (χ1) is 8.95. The number of nitrogens with one attached hydrogen (secondary N) is 2. The minimum atomic E-state index is -0.974. The number of urea groups is 1. The van der Waals surface area contributed by atoms with Gasteiger partial charge in [0.15, 0.2) is 0 Å². The fourth-order valence-corrected chi connectivity index (χ4v) is 2.17. The van der Waals surface area contributed by atoms with Crippen molar-refractivity contribution in [2.24, 2.45) is 5.92 Å². The molecule has 0 saturated heterocycles. The molecule has 0 bridgehead atoms. The number of anilines is 1. The van der Waals surface area contributed by atoms with Gasteiger partial charge in [0.05, 0.1) is 0 Å². The molecule has 0 heterocycles. The number of carboxylic acid groups (broad SMARTS) is 1. The minimum Gasteiger partial charge on any atom is -0.480 e. The standard InChI is InChI=1S/C14H18N2O3/c1-8-5-9(2)7-11(6-8)15-14(19)16-12(13(17)18)10-3-4-10/h5-7,10,12H,3-4H2,1-2H3,(H,17,18)(H2,15,16,19). The monoisotopic (exact) mass is 262 g/mol. The van der Waals surface area contributed by atoms with Crippen LogP contribution in [0.15, 0.2) is 18.2 Å². The van der Waals surface area contributed by atoms with Crippen LogP contribution in [0.2, 0.25) is 0 Å². The van der Waals surface area contributed by atoms with Crippen LogP contribution in [0.1, 0.15) is 24.0 Å². The van der Waals surface area contributed by atoms with E-state index in [1.54, 1.807) is 0 Å². The Bertz CT molecular complexity index is 489. The van der Waals surface area contributed by atoms with Gasteiger partial charge in [-0.3, -0.25) is 0 Å². The van der Waals surface area contributed by atoms with Crippen molar-refractivity contribution in [3.05, 3.63) is 29.3 Å². The zero-order chi connectivity index (χ0) is 14.0. The molecule has 19 heavy (non-hydrogen) atoms. The van der Waals surface area contributed by atoms with Crippen molar-refractivity contribution in [2.45, 2.75) is 32.7 Å². The van der Waals surface area contributed by atoms with Gasteiger partial charge >= 0.3 is 12.0 Å². The Morgan fingerprint density at radius 3 is 2.26 bits per heavy atom. The molecule has 1 unspecified atom stereocenters. The lowest BCUT2D eigenvalue weighted by Crippen LogP contribution is -2.44. The maximum Gasteiger partial charge on any atom is 0.326 e. The highest BCUT2D eigenvalue weighted by Crippen LogP contribution is 2.32. The Kier molecular flexibility index (Phi) is 3.74. The highest BCUT2D eigenvalue weighted by Gasteiger charge is 2.37. The van der Waals surface area contributed by atoms with Gasteiger partial charge in [0.1, 0.15) is 6.04 Å². The quantitative estimate of drug-likeness (QED) is 0.779. The predicted octanol–water partition coefficient (Wildman–Crippen LogP) is 2.29. The summed E-state index contributed by atoms with van der Waals surface area (Å²) in [6.07, 6.45) is 1.72. The zero-order valence-corrected chi connectivity index (χ0v) is 11.1. The van der Waals surface area contributed by atoms with E-state index >= 15 is 0 Å². The summed E-state index contributed by atoms with van der Waals surface area (Å²) in [7, 11) is 0. The molecule has 2 amide bonds. The summed E-state index contributed by atoms with van der Waals surface area (Å²) in [5.74, 6) is -0.902. The molecule has 1 atom stereocenters. The van der Waals surface area contributed by atoms with Crippen LogP contribution in [0.3, 0.4) is 0 Å². The molecular weight excluding hydrogens is 244 g/mol. The average Bonchev–Trinajstić information content (AvgIpc) is 3.07. The van der Waals surface area contributed by atoms with Gasteiger partial charge in [-0.25, -0.2) is 9.59 Å². The lowest BCUT2D eigenvalue weighted by atomic mass is 10.1. The van der Waals surface area contributed by atoms with E-state index in [9.17, 15) is 9.59 Å². The molecule has 1 aliphatic carbocycles. The number of amides is 2. The summed E-state index contributed by atoms with van der Waals surface area (Å²) in [4.78, 5) is 22.8. The fourth-order valence-electron chi connectivity index (χ4n) is 2.17. The van der Waals surface area contributed by atoms with E-state index in [-0.39, 0.29) is 5.92 Å². The third kappa shape index (κ3) is 3.71. The third-order valence-corrected chi connectivity index (χ3v) is 3.13. The van der Waals surface area contributed by atoms with Gasteiger partial charge < -0.3 is 15.7 Å². The Balaban J connectivity index is 1.98. The van der Waals surface area contributed by atoms with Crippen molar-refractivity contribution in [1.29, 1.82) is 0 Å². The molecule has 0 radical (unpaired) electrons. The van der Waals surface area contributed by atoms with Gasteiger partial charge in [-0.2, -0.15) is 0 Å². The van der Waals surface area contributed by atoms with E-state index < -0.39 is 18.0 Å². The van der Waals surface area contributed by atoms with Crippen LogP contribution in [0.25, 0.3) is 0 Å². The second kappa shape index (κ2) is 5.30. The molecule has 2 rings (SSSR count). The Labute approximate surface area is 112 Å². The van der Waals surface area contributed by atoms with E-state index in [0.29, 0.717) is 5.69 Å². The maximum absolute atomic E-state index is 11.8. The molecular formula is C14H18N2O3. The van der Waals surface area contributed by atoms with E-state index in [2.05, 4.69) is 10.6 Å². The smallest absolute Gasteiger partial charge is 0.326 e. The van der Waals surface area contributed by atoms with Gasteiger partial charge in [-0.1, -0.05) is 6.07 Å². The summed E-state index contributed by atoms with van der Waals surface area (Å²) in [5.41, 5.74) is 2.77. The fraction of sp³-hybridized carbons (Fsp3) is 0.429. The van der Waals surface area contributed by atoms with Gasteiger partial charge in [-0.15, -0.1) is 0 Å². The summed E-state index contributed by atoms with van der Waals surface area (Å²) < 4.78 is 0. The topological polar surface area (TPSA) is 78.4 Å². The van der Waals surface area contributed by atoms with Crippen LogP contribution >= 0.6 is 0 Å². The number of hydrogen-bond donors (Lipinski definition) is 3. The first kappa shape index (κ1) is 13.4. The van der Waals surface area contributed by atoms with Gasteiger partial charge in [-0.05, 0) is 55.9 Å². The predicted molar refractivity (Wildman–Crippen MR) is 72.2 cm³/mol. The first-order valence-electron chi connectivity index (χ1n) is 6.34. The summed E-state index contributed by atoms with van der Waals surface area (Å²) in [6.45, 7) is 3.89. The minimum absolute atomic E-state index is 0.0718. The second-order valence-electron chi connectivity index (χ2n) is 5.13. The van der Waals surface area contributed by atoms with E-state index in [0.717, 1.165) is 24.0 Å². The molecule has 1 aliphatic rings. The zero-order valence-electron chi connectivity index (χ0n) is 11.1. The summed E-state index contributed by atoms with van der Waals surface area (Å²) in [6, 6.07) is 4.45. The highest BCUT2D eigenvalue weighted by atomic mass is 16.4. The average molecular weight is 262 g/mol. The number of carboxylic acids is 1. The van der Waals surface area contributed by atoms with Crippen LogP contribution in [0.4, 0.5) is 10.5 Å². The molecule has 1 aromatic rings. The largest absolute Gasteiger partial charge is 0.480 e. The van der Waals surface area contributed by atoms with Crippen molar-refractivity contribution in [3.63, 3.8) is 0 Å². The number of benzene rings is 1. The lowest BCUT2D eigenvalue weighted by Gasteiger charge is -2.14. The van der Waals surface area contributed by atoms with Gasteiger partial charge in [0, 0.05) is 5.69 Å². The molecule has 1 fully saturated rings. The molecule has 3 N–H and O–H groups in total. The Hall–Kier alpha value is -2.04. The number of rotatable bonds is 4. The number of aliphatic carboxylic acids is 1. The first-order valence-corrected chi connectivity index (χ1v) is 6.34. The number of carbonyl (C=O) groups excluding carboxylic acids is 1. The lowest BCUT2D eigenvalue weighted by molar-refractivity contribution is -0.139. The third-order valence-electron chi connectivity index (χ3n) is 3.13. The number of hydrogen-bond acceptors (Lipinski definition) is 2. The normalized spacial score (nSPS) is 15.7. The van der Waals surface area contributed by atoms with Crippen molar-refractivity contribution in [3.8, 4) is 0 Å². The van der Waals surface area contributed by atoms with Crippen molar-refractivity contribution >= 4 is 17.7 Å². The van der Waals surface area contributed by atoms with E-state index in [1.807, 2.05) is 32.0 Å². The molecule has 0 aliphatic heterocycles. The van der Waals surface area contributed by atoms with E-state index in [4.69, 9.17) is 5.11 Å². The molecule has 5 heteroatoms. The summed E-state index contributed by atoms with van der Waals surface area (Å²) >= 11 is 0. The second-order valence-corrected chi connectivity index (χ2v) is 5.13. The molecule has 102 valence electrons. The Morgan fingerprint density at radius 2 is 1.79 bits per heavy atom. The summed E-state index contributed by atoms with van der Waals surface area (Å²) in [5, 5.41) is 14.2. The van der Waals surface area contributed by atoms with Crippen molar-refractivity contribution < 1.29 is 14.7 Å². The maximum atomic E-state index is 11.8. The number of aryl methyl sites for hydroxylation is 2. The molecule has 0 spiro atoms. The van der Waals surface area contributed by atoms with Crippen LogP contribution in [-0.4, -0.2) is 23.1 Å². The van der Waals surface area contributed by atoms with Crippen LogP contribution < -0.4 is 10.6 Å². The van der Waals surface area contributed by atoms with Crippen molar-refractivity contribution in [1.82, 2.24) is 5.32 Å². The van der Waals surface area contributed by atoms with Crippen molar-refractivity contribution in [2.75, 3.05) is 5.32 Å². The van der Waals surface area contributed by atoms with Crippen LogP contribution in [0.5, 0.6) is 0 Å². The molecule has 0 aromatic heterocycles. The molecule has 1 saturated carbocycles. The Morgan fingerprint density at radius 1 is 1.21 bits per heavy atom. The van der Waals surface area contributed by atoms with E-state index in [1.165, 1.54) is 0 Å². The molecule has 1 aromatic carbocycles. The van der Waals surface area contributed by atoms with Crippen LogP contribution in [-0.2, 0) is 4.79 Å². The highest BCUT2D eigenvalue weighted by molar-refractivity contribution is 5.92. The van der Waals surface area contributed by atoms with Gasteiger partial charge in [0.2, 0.25) is 0 Å².